The molecule has 2 rings (SSSR count). The minimum atomic E-state index is -0.207. The van der Waals surface area contributed by atoms with Gasteiger partial charge in [0.05, 0.1) is 14.2 Å². The van der Waals surface area contributed by atoms with Gasteiger partial charge in [0.2, 0.25) is 5.96 Å². The summed E-state index contributed by atoms with van der Waals surface area (Å²) in [6, 6.07) is 13.0. The monoisotopic (exact) mass is 531 g/mol. The average molecular weight is 532 g/mol. The van der Waals surface area contributed by atoms with E-state index in [2.05, 4.69) is 38.6 Å². The van der Waals surface area contributed by atoms with Crippen molar-refractivity contribution in [2.75, 3.05) is 41.5 Å². The molecule has 0 spiro atoms. The number of carbonyl (C=O) groups is 1. The van der Waals surface area contributed by atoms with Crippen molar-refractivity contribution in [3.05, 3.63) is 88.8 Å². The number of nitrogens with zero attached hydrogens (tertiary/aromatic N) is 3. The van der Waals surface area contributed by atoms with Crippen LogP contribution in [0.2, 0.25) is 0 Å². The Balaban J connectivity index is 2.07. The van der Waals surface area contributed by atoms with Gasteiger partial charge < -0.3 is 30.2 Å². The van der Waals surface area contributed by atoms with E-state index in [0.717, 1.165) is 23.4 Å². The van der Waals surface area contributed by atoms with Crippen molar-refractivity contribution in [2.45, 2.75) is 20.4 Å². The summed E-state index contributed by atoms with van der Waals surface area (Å²) in [5, 5.41) is 2.94. The van der Waals surface area contributed by atoms with Crippen molar-refractivity contribution in [2.24, 2.45) is 15.7 Å². The summed E-state index contributed by atoms with van der Waals surface area (Å²) in [6.07, 6.45) is 1.62. The third kappa shape index (κ3) is 11.2. The van der Waals surface area contributed by atoms with Crippen LogP contribution in [0.1, 0.15) is 34.0 Å². The first kappa shape index (κ1) is 30.7. The maximum atomic E-state index is 12.8. The largest absolute Gasteiger partial charge is 0.497 e. The molecule has 0 aromatic heterocycles. The van der Waals surface area contributed by atoms with Crippen molar-refractivity contribution in [1.29, 1.82) is 0 Å². The molecule has 1 amide bonds. The maximum Gasteiger partial charge on any atom is 0.271 e. The lowest BCUT2D eigenvalue weighted by molar-refractivity contribution is 0.0951. The summed E-state index contributed by atoms with van der Waals surface area (Å²) < 4.78 is 15.9. The van der Waals surface area contributed by atoms with Crippen molar-refractivity contribution >= 4 is 17.8 Å². The zero-order valence-corrected chi connectivity index (χ0v) is 23.5. The topological polar surface area (TPSA) is 111 Å². The summed E-state index contributed by atoms with van der Waals surface area (Å²) in [5.41, 5.74) is 9.47. The van der Waals surface area contributed by atoms with Gasteiger partial charge in [0.25, 0.3) is 11.8 Å². The molecule has 0 heterocycles. The summed E-state index contributed by atoms with van der Waals surface area (Å²) in [5.74, 6) is 6.92. The molecule has 0 bridgehead atoms. The fourth-order valence-electron chi connectivity index (χ4n) is 3.11. The summed E-state index contributed by atoms with van der Waals surface area (Å²) in [7, 11) is 6.95. The Morgan fingerprint density at radius 1 is 1.13 bits per heavy atom. The van der Waals surface area contributed by atoms with E-state index in [-0.39, 0.29) is 17.8 Å². The van der Waals surface area contributed by atoms with Crippen LogP contribution < -0.4 is 15.8 Å². The van der Waals surface area contributed by atoms with Gasteiger partial charge in [-0.25, -0.2) is 4.99 Å². The van der Waals surface area contributed by atoms with Gasteiger partial charge in [-0.1, -0.05) is 30.7 Å². The number of likely N-dealkylation sites (N-methyl/N-ethyl adjacent to an activating group) is 1. The lowest BCUT2D eigenvalue weighted by atomic mass is 10.0. The maximum absolute atomic E-state index is 12.8. The van der Waals surface area contributed by atoms with Crippen LogP contribution in [-0.2, 0) is 16.0 Å². The zero-order chi connectivity index (χ0) is 28.8. The highest BCUT2D eigenvalue weighted by atomic mass is 16.5. The summed E-state index contributed by atoms with van der Waals surface area (Å²) in [6.45, 7) is 9.19. The first-order valence-electron chi connectivity index (χ1n) is 12.3. The van der Waals surface area contributed by atoms with E-state index in [1.54, 1.807) is 25.1 Å². The number of rotatable bonds is 10. The smallest absolute Gasteiger partial charge is 0.271 e. The highest BCUT2D eigenvalue weighted by molar-refractivity contribution is 6.02. The molecule has 3 N–H and O–H groups in total. The third-order valence-electron chi connectivity index (χ3n) is 5.32. The molecule has 0 saturated carbocycles. The Kier molecular flexibility index (Phi) is 12.3. The van der Waals surface area contributed by atoms with Crippen molar-refractivity contribution in [3.63, 3.8) is 0 Å². The highest BCUT2D eigenvalue weighted by Crippen LogP contribution is 2.13. The van der Waals surface area contributed by atoms with Crippen molar-refractivity contribution in [1.82, 2.24) is 10.2 Å². The van der Waals surface area contributed by atoms with Crippen LogP contribution in [0, 0.1) is 18.8 Å². The number of carbonyl (C=O) groups excluding carboxylic acids is 1. The predicted molar refractivity (Wildman–Crippen MR) is 156 cm³/mol. The fraction of sp³-hybridized carbons (Fsp3) is 0.300. The second kappa shape index (κ2) is 15.6. The van der Waals surface area contributed by atoms with E-state index in [1.807, 2.05) is 51.4 Å². The van der Waals surface area contributed by atoms with Gasteiger partial charge in [-0.2, -0.15) is 4.99 Å². The molecule has 206 valence electrons. The molecular formula is C30H37N5O4. The van der Waals surface area contributed by atoms with Gasteiger partial charge in [-0.15, -0.1) is 0 Å². The molecule has 2 aromatic carbocycles. The number of methoxy groups -OCH3 is 2. The van der Waals surface area contributed by atoms with Crippen LogP contribution in [0.25, 0.3) is 0 Å². The molecule has 0 fully saturated rings. The second-order valence-electron chi connectivity index (χ2n) is 8.81. The SMILES string of the molecule is C=C(/C=C(C)/N=C(N)\N=C(\C#Cc1cc(C(=O)NCc2ccc(OCCN(C)C)cc2)ccc1C)OC)OC. The molecule has 0 atom stereocenters. The van der Waals surface area contributed by atoms with Gasteiger partial charge in [0, 0.05) is 36.0 Å². The van der Waals surface area contributed by atoms with Gasteiger partial charge in [0.15, 0.2) is 0 Å². The van der Waals surface area contributed by atoms with E-state index in [0.29, 0.717) is 35.7 Å². The number of aryl methyl sites for hydroxylation is 1. The Labute approximate surface area is 231 Å². The predicted octanol–water partition coefficient (Wildman–Crippen LogP) is 3.64. The number of aliphatic imine (C=N–C) groups is 2. The number of hydrogen-bond donors (Lipinski definition) is 2. The molecule has 0 aliphatic carbocycles. The molecule has 39 heavy (non-hydrogen) atoms. The first-order chi connectivity index (χ1) is 18.6. The molecule has 0 saturated heterocycles. The number of allylic oxidation sites excluding steroid dienone is 2. The van der Waals surface area contributed by atoms with Crippen molar-refractivity contribution < 1.29 is 19.0 Å². The first-order valence-corrected chi connectivity index (χ1v) is 12.3. The molecular weight excluding hydrogens is 494 g/mol. The van der Waals surface area contributed by atoms with Crippen LogP contribution in [0.5, 0.6) is 5.75 Å². The van der Waals surface area contributed by atoms with E-state index in [4.69, 9.17) is 19.9 Å². The number of ether oxygens (including phenoxy) is 3. The van der Waals surface area contributed by atoms with E-state index >= 15 is 0 Å². The third-order valence-corrected chi connectivity index (χ3v) is 5.32. The Hall–Kier alpha value is -4.55. The number of amides is 1. The zero-order valence-electron chi connectivity index (χ0n) is 23.5. The van der Waals surface area contributed by atoms with Gasteiger partial charge in [0.1, 0.15) is 18.1 Å². The van der Waals surface area contributed by atoms with Gasteiger partial charge in [-0.05, 0) is 69.3 Å². The molecule has 9 heteroatoms. The van der Waals surface area contributed by atoms with Crippen LogP contribution in [0.15, 0.2) is 76.6 Å². The molecule has 0 aliphatic heterocycles. The number of nitrogens with two attached hydrogens (primary N) is 1. The number of benzene rings is 2. The lowest BCUT2D eigenvalue weighted by Gasteiger charge is -2.11. The molecule has 0 unspecified atom stereocenters. The van der Waals surface area contributed by atoms with E-state index in [9.17, 15) is 4.79 Å². The van der Waals surface area contributed by atoms with E-state index in [1.165, 1.54) is 14.2 Å². The summed E-state index contributed by atoms with van der Waals surface area (Å²) in [4.78, 5) is 23.1. The Morgan fingerprint density at radius 3 is 2.49 bits per heavy atom. The molecule has 0 radical (unpaired) electrons. The number of guanidine groups is 1. The standard InChI is InChI=1S/C30H37N5O4/c1-21-8-11-26(29(36)32-20-24-9-13-27(14-10-24)39-17-16-35(4)5)19-25(21)12-15-28(38-7)34-30(31)33-22(2)18-23(3)37-6/h8-11,13-14,18-19H,3,16-17,20H2,1-2,4-7H3,(H2,31,33)(H,32,36)/b22-18+,34-28-. The lowest BCUT2D eigenvalue weighted by Crippen LogP contribution is -2.23. The minimum Gasteiger partial charge on any atom is -0.497 e. The Bertz CT molecular complexity index is 1300. The normalized spacial score (nSPS) is 11.9. The minimum absolute atomic E-state index is 0.0307. The molecule has 2 aromatic rings. The van der Waals surface area contributed by atoms with Crippen LogP contribution in [0.4, 0.5) is 0 Å². The second-order valence-corrected chi connectivity index (χ2v) is 8.81. The average Bonchev–Trinajstić information content (AvgIpc) is 2.90. The quantitative estimate of drug-likeness (QED) is 0.159. The fourth-order valence-corrected chi connectivity index (χ4v) is 3.11. The summed E-state index contributed by atoms with van der Waals surface area (Å²) >= 11 is 0. The number of nitrogens with one attached hydrogen (secondary N) is 1. The van der Waals surface area contributed by atoms with Crippen LogP contribution in [-0.4, -0.2) is 64.1 Å². The van der Waals surface area contributed by atoms with Gasteiger partial charge >= 0.3 is 0 Å². The van der Waals surface area contributed by atoms with Gasteiger partial charge in [-0.3, -0.25) is 4.79 Å². The molecule has 0 aliphatic rings. The van der Waals surface area contributed by atoms with E-state index < -0.39 is 0 Å². The Morgan fingerprint density at radius 2 is 1.85 bits per heavy atom. The van der Waals surface area contributed by atoms with Crippen LogP contribution in [0.3, 0.4) is 0 Å². The van der Waals surface area contributed by atoms with Crippen molar-refractivity contribution in [3.8, 4) is 17.6 Å². The highest BCUT2D eigenvalue weighted by Gasteiger charge is 2.08. The van der Waals surface area contributed by atoms with Crippen LogP contribution >= 0.6 is 0 Å². The number of hydrogen-bond acceptors (Lipinski definition) is 6. The molecule has 9 nitrogen and oxygen atoms in total.